The van der Waals surface area contributed by atoms with E-state index in [1.54, 1.807) is 6.21 Å². The molecule has 0 atom stereocenters. The van der Waals surface area contributed by atoms with Crippen molar-refractivity contribution >= 4 is 29.3 Å². The quantitative estimate of drug-likeness (QED) is 0.189. The molecule has 1 N–H and O–H groups in total. The predicted molar refractivity (Wildman–Crippen MR) is 133 cm³/mol. The SMILES string of the molecule is Cc1cc(/C=N/Nc2ccc([N+](=O)[O-])cn2)c(C)n1-c1ccc(OCc2ccccc2Cl)cc1. The maximum absolute atomic E-state index is 10.7. The number of pyridine rings is 1. The molecule has 0 unspecified atom stereocenters. The molecule has 0 amide bonds. The van der Waals surface area contributed by atoms with Gasteiger partial charge in [0.15, 0.2) is 0 Å². The summed E-state index contributed by atoms with van der Waals surface area (Å²) in [6, 6.07) is 20.4. The summed E-state index contributed by atoms with van der Waals surface area (Å²) < 4.78 is 8.01. The number of nitro groups is 1. The van der Waals surface area contributed by atoms with Gasteiger partial charge in [-0.2, -0.15) is 5.10 Å². The Kier molecular flexibility index (Phi) is 6.89. The van der Waals surface area contributed by atoms with Gasteiger partial charge in [0.25, 0.3) is 5.69 Å². The van der Waals surface area contributed by atoms with Crippen molar-refractivity contribution in [2.75, 3.05) is 5.43 Å². The molecule has 0 aliphatic carbocycles. The average Bonchev–Trinajstić information content (AvgIpc) is 3.12. The largest absolute Gasteiger partial charge is 0.489 e. The zero-order valence-electron chi connectivity index (χ0n) is 18.6. The molecule has 0 aliphatic rings. The third-order valence-electron chi connectivity index (χ3n) is 5.26. The molecule has 8 nitrogen and oxygen atoms in total. The summed E-state index contributed by atoms with van der Waals surface area (Å²) in [6.45, 7) is 4.44. The maximum Gasteiger partial charge on any atom is 0.287 e. The molecule has 9 heteroatoms. The first-order valence-corrected chi connectivity index (χ1v) is 10.9. The van der Waals surface area contributed by atoms with Crippen LogP contribution in [0.15, 0.2) is 78.0 Å². The van der Waals surface area contributed by atoms with Crippen LogP contribution in [0.1, 0.15) is 22.5 Å². The molecule has 2 heterocycles. The summed E-state index contributed by atoms with van der Waals surface area (Å²) in [5.74, 6) is 1.18. The van der Waals surface area contributed by atoms with E-state index in [4.69, 9.17) is 16.3 Å². The molecule has 0 bridgehead atoms. The van der Waals surface area contributed by atoms with Crippen molar-refractivity contribution in [3.8, 4) is 11.4 Å². The smallest absolute Gasteiger partial charge is 0.287 e. The van der Waals surface area contributed by atoms with Crippen LogP contribution in [0, 0.1) is 24.0 Å². The number of hydrogen-bond donors (Lipinski definition) is 1. The van der Waals surface area contributed by atoms with Crippen LogP contribution in [0.2, 0.25) is 5.02 Å². The summed E-state index contributed by atoms with van der Waals surface area (Å²) in [5, 5.41) is 15.6. The highest BCUT2D eigenvalue weighted by molar-refractivity contribution is 6.31. The lowest BCUT2D eigenvalue weighted by Crippen LogP contribution is -2.01. The molecule has 2 aromatic carbocycles. The minimum atomic E-state index is -0.494. The third-order valence-corrected chi connectivity index (χ3v) is 5.63. The Morgan fingerprint density at radius 3 is 2.59 bits per heavy atom. The van der Waals surface area contributed by atoms with E-state index in [1.165, 1.54) is 18.3 Å². The van der Waals surface area contributed by atoms with E-state index < -0.39 is 4.92 Å². The van der Waals surface area contributed by atoms with Crippen molar-refractivity contribution < 1.29 is 9.66 Å². The van der Waals surface area contributed by atoms with Crippen LogP contribution >= 0.6 is 11.6 Å². The van der Waals surface area contributed by atoms with Gasteiger partial charge >= 0.3 is 0 Å². The highest BCUT2D eigenvalue weighted by atomic mass is 35.5. The Hall–Kier alpha value is -4.17. The standard InChI is InChI=1S/C25H22ClN5O3/c1-17-13-20(14-28-29-25-12-9-22(15-27-25)31(32)33)18(2)30(17)21-7-10-23(11-8-21)34-16-19-5-3-4-6-24(19)26/h3-15H,16H2,1-2H3,(H,27,29)/b28-14+. The lowest BCUT2D eigenvalue weighted by atomic mass is 10.2. The van der Waals surface area contributed by atoms with Gasteiger partial charge in [0.1, 0.15) is 24.4 Å². The van der Waals surface area contributed by atoms with Crippen molar-refractivity contribution in [1.82, 2.24) is 9.55 Å². The predicted octanol–water partition coefficient (Wildman–Crippen LogP) is 6.08. The first-order valence-electron chi connectivity index (χ1n) is 10.5. The van der Waals surface area contributed by atoms with E-state index in [2.05, 4.69) is 20.1 Å². The van der Waals surface area contributed by atoms with Gasteiger partial charge in [0.2, 0.25) is 0 Å². The molecule has 172 valence electrons. The zero-order chi connectivity index (χ0) is 24.1. The van der Waals surface area contributed by atoms with Gasteiger partial charge in [-0.1, -0.05) is 29.8 Å². The summed E-state index contributed by atoms with van der Waals surface area (Å²) in [5.41, 5.74) is 7.67. The molecule has 0 saturated heterocycles. The summed E-state index contributed by atoms with van der Waals surface area (Å²) in [4.78, 5) is 14.2. The van der Waals surface area contributed by atoms with Gasteiger partial charge in [0.05, 0.1) is 11.1 Å². The van der Waals surface area contributed by atoms with E-state index in [1.807, 2.05) is 68.4 Å². The van der Waals surface area contributed by atoms with Crippen molar-refractivity contribution in [2.45, 2.75) is 20.5 Å². The number of ether oxygens (including phenoxy) is 1. The number of nitrogens with zero attached hydrogens (tertiary/aromatic N) is 4. The lowest BCUT2D eigenvalue weighted by molar-refractivity contribution is -0.385. The minimum Gasteiger partial charge on any atom is -0.489 e. The molecule has 0 spiro atoms. The summed E-state index contributed by atoms with van der Waals surface area (Å²) in [7, 11) is 0. The highest BCUT2D eigenvalue weighted by Gasteiger charge is 2.10. The van der Waals surface area contributed by atoms with Crippen LogP contribution in [0.4, 0.5) is 11.5 Å². The highest BCUT2D eigenvalue weighted by Crippen LogP contribution is 2.23. The second-order valence-corrected chi connectivity index (χ2v) is 7.97. The molecule has 2 aromatic heterocycles. The third kappa shape index (κ3) is 5.24. The van der Waals surface area contributed by atoms with Crippen LogP contribution < -0.4 is 10.2 Å². The van der Waals surface area contributed by atoms with E-state index >= 15 is 0 Å². The van der Waals surface area contributed by atoms with E-state index in [9.17, 15) is 10.1 Å². The number of benzene rings is 2. The van der Waals surface area contributed by atoms with Crippen LogP contribution in [0.3, 0.4) is 0 Å². The molecule has 0 fully saturated rings. The Labute approximate surface area is 201 Å². The normalized spacial score (nSPS) is 11.0. The lowest BCUT2D eigenvalue weighted by Gasteiger charge is -2.12. The summed E-state index contributed by atoms with van der Waals surface area (Å²) in [6.07, 6.45) is 2.88. The van der Waals surface area contributed by atoms with Gasteiger partial charge < -0.3 is 9.30 Å². The van der Waals surface area contributed by atoms with Crippen molar-refractivity contribution in [3.05, 3.63) is 111 Å². The Balaban J connectivity index is 1.43. The van der Waals surface area contributed by atoms with Gasteiger partial charge in [-0.3, -0.25) is 15.5 Å². The number of hydrazone groups is 1. The first-order chi connectivity index (χ1) is 16.4. The first kappa shape index (κ1) is 23.0. The van der Waals surface area contributed by atoms with Crippen LogP contribution in [0.25, 0.3) is 5.69 Å². The zero-order valence-corrected chi connectivity index (χ0v) is 19.4. The fraction of sp³-hybridized carbons (Fsp3) is 0.120. The molecule has 34 heavy (non-hydrogen) atoms. The number of rotatable bonds is 8. The Bertz CT molecular complexity index is 1330. The van der Waals surface area contributed by atoms with Crippen LogP contribution in [-0.4, -0.2) is 20.7 Å². The van der Waals surface area contributed by atoms with Crippen LogP contribution in [0.5, 0.6) is 5.75 Å². The molecule has 0 saturated carbocycles. The topological polar surface area (TPSA) is 94.6 Å². The molecular formula is C25H22ClN5O3. The van der Waals surface area contributed by atoms with E-state index in [0.29, 0.717) is 17.4 Å². The Morgan fingerprint density at radius 1 is 1.15 bits per heavy atom. The van der Waals surface area contributed by atoms with Crippen LogP contribution in [-0.2, 0) is 6.61 Å². The van der Waals surface area contributed by atoms with Crippen molar-refractivity contribution in [3.63, 3.8) is 0 Å². The molecule has 0 radical (unpaired) electrons. The number of aryl methyl sites for hydroxylation is 1. The number of aromatic nitrogens is 2. The maximum atomic E-state index is 10.7. The van der Waals surface area contributed by atoms with Gasteiger partial charge in [0, 0.05) is 39.3 Å². The fourth-order valence-electron chi connectivity index (χ4n) is 3.51. The second kappa shape index (κ2) is 10.2. The molecule has 4 rings (SSSR count). The number of hydrogen-bond acceptors (Lipinski definition) is 6. The van der Waals surface area contributed by atoms with Crippen molar-refractivity contribution in [2.24, 2.45) is 5.10 Å². The van der Waals surface area contributed by atoms with Crippen molar-refractivity contribution in [1.29, 1.82) is 0 Å². The molecular weight excluding hydrogens is 454 g/mol. The minimum absolute atomic E-state index is 0.0710. The van der Waals surface area contributed by atoms with E-state index in [0.717, 1.165) is 34.0 Å². The number of halogens is 1. The van der Waals surface area contributed by atoms with Gasteiger partial charge in [-0.15, -0.1) is 0 Å². The monoisotopic (exact) mass is 475 g/mol. The number of anilines is 1. The van der Waals surface area contributed by atoms with Gasteiger partial charge in [-0.05, 0) is 56.3 Å². The molecule has 0 aliphatic heterocycles. The van der Waals surface area contributed by atoms with E-state index in [-0.39, 0.29) is 5.69 Å². The Morgan fingerprint density at radius 2 is 1.91 bits per heavy atom. The number of nitrogens with one attached hydrogen (secondary N) is 1. The van der Waals surface area contributed by atoms with Gasteiger partial charge in [-0.25, -0.2) is 4.98 Å². The summed E-state index contributed by atoms with van der Waals surface area (Å²) >= 11 is 6.20. The average molecular weight is 476 g/mol. The fourth-order valence-corrected chi connectivity index (χ4v) is 3.70. The second-order valence-electron chi connectivity index (χ2n) is 7.56. The molecule has 4 aromatic rings.